The molecule has 1 aliphatic rings. The van der Waals surface area contributed by atoms with Gasteiger partial charge in [-0.15, -0.1) is 0 Å². The Bertz CT molecular complexity index is 493. The van der Waals surface area contributed by atoms with Crippen LogP contribution in [0.1, 0.15) is 36.5 Å². The fourth-order valence-electron chi connectivity index (χ4n) is 2.12. The van der Waals surface area contributed by atoms with Crippen molar-refractivity contribution in [3.8, 4) is 5.75 Å². The molecule has 22 heavy (non-hydrogen) atoms. The van der Waals surface area contributed by atoms with Gasteiger partial charge in [0.05, 0.1) is 38.0 Å². The first kappa shape index (κ1) is 18.5. The van der Waals surface area contributed by atoms with E-state index in [0.717, 1.165) is 43.8 Å². The van der Waals surface area contributed by atoms with Gasteiger partial charge in [0.25, 0.3) is 0 Å². The molecule has 0 spiro atoms. The lowest BCUT2D eigenvalue weighted by Gasteiger charge is -2.19. The molecule has 1 aliphatic heterocycles. The highest BCUT2D eigenvalue weighted by Crippen LogP contribution is 2.13. The number of oxime groups is 1. The summed E-state index contributed by atoms with van der Waals surface area (Å²) in [6, 6.07) is 6.95. The van der Waals surface area contributed by atoms with Crippen molar-refractivity contribution in [1.29, 1.82) is 0 Å². The van der Waals surface area contributed by atoms with Gasteiger partial charge >= 0.3 is 5.97 Å². The van der Waals surface area contributed by atoms with Crippen LogP contribution >= 0.6 is 0 Å². The molecule has 0 atom stereocenters. The van der Waals surface area contributed by atoms with E-state index >= 15 is 0 Å². The summed E-state index contributed by atoms with van der Waals surface area (Å²) in [6.45, 7) is 4.81. The van der Waals surface area contributed by atoms with Crippen LogP contribution < -0.4 is 22.0 Å². The molecule has 1 saturated heterocycles. The molecular weight excluding hydrogens is 304 g/mol. The topological polar surface area (TPSA) is 52.3 Å². The largest absolute Gasteiger partial charge is 1.00 e. The zero-order chi connectivity index (χ0) is 15.1. The molecular formula is C16H23ClN2O3. The number of hydrogen-bond donors (Lipinski definition) is 1. The van der Waals surface area contributed by atoms with Crippen molar-refractivity contribution in [2.75, 3.05) is 26.7 Å². The Labute approximate surface area is 137 Å². The molecule has 122 valence electrons. The third-order valence-electron chi connectivity index (χ3n) is 3.50. The molecule has 0 unspecified atom stereocenters. The summed E-state index contributed by atoms with van der Waals surface area (Å²) in [4.78, 5) is 18.4. The predicted molar refractivity (Wildman–Crippen MR) is 80.9 cm³/mol. The minimum Gasteiger partial charge on any atom is -1.00 e. The van der Waals surface area contributed by atoms with Crippen molar-refractivity contribution < 1.29 is 31.7 Å². The molecule has 0 bridgehead atoms. The third kappa shape index (κ3) is 5.66. The quantitative estimate of drug-likeness (QED) is 0.518. The van der Waals surface area contributed by atoms with Crippen LogP contribution in [-0.2, 0) is 4.84 Å². The van der Waals surface area contributed by atoms with E-state index in [9.17, 15) is 4.79 Å². The van der Waals surface area contributed by atoms with Gasteiger partial charge in [0, 0.05) is 12.8 Å². The van der Waals surface area contributed by atoms with Crippen LogP contribution in [0.15, 0.2) is 29.4 Å². The van der Waals surface area contributed by atoms with Gasteiger partial charge in [-0.3, -0.25) is 0 Å². The molecule has 1 fully saturated rings. The van der Waals surface area contributed by atoms with E-state index in [0.29, 0.717) is 12.2 Å². The Kier molecular flexibility index (Phi) is 7.91. The van der Waals surface area contributed by atoms with Crippen molar-refractivity contribution in [3.63, 3.8) is 0 Å². The van der Waals surface area contributed by atoms with E-state index < -0.39 is 5.97 Å². The molecule has 0 radical (unpaired) electrons. The summed E-state index contributed by atoms with van der Waals surface area (Å²) in [6.07, 6.45) is 2.74. The van der Waals surface area contributed by atoms with E-state index in [1.165, 1.54) is 4.90 Å². The van der Waals surface area contributed by atoms with Gasteiger partial charge in [0.2, 0.25) is 0 Å². The Balaban J connectivity index is 0.00000242. The second-order valence-corrected chi connectivity index (χ2v) is 5.37. The zero-order valence-electron chi connectivity index (χ0n) is 13.1. The number of ether oxygens (including phenoxy) is 1. The summed E-state index contributed by atoms with van der Waals surface area (Å²) in [5.41, 5.74) is 1.46. The number of carbonyl (C=O) groups excluding carboxylic acids is 1. The lowest BCUT2D eigenvalue weighted by molar-refractivity contribution is -0.880. The number of benzene rings is 1. The third-order valence-corrected chi connectivity index (χ3v) is 3.50. The van der Waals surface area contributed by atoms with Gasteiger partial charge in [0.1, 0.15) is 5.75 Å². The Morgan fingerprint density at radius 2 is 1.86 bits per heavy atom. The minimum atomic E-state index is -0.421. The van der Waals surface area contributed by atoms with Crippen LogP contribution in [0.2, 0.25) is 0 Å². The van der Waals surface area contributed by atoms with Crippen LogP contribution in [-0.4, -0.2) is 38.4 Å². The predicted octanol–water partition coefficient (Wildman–Crippen LogP) is -1.70. The highest BCUT2D eigenvalue weighted by atomic mass is 35.5. The number of quaternary nitrogens is 1. The van der Waals surface area contributed by atoms with Crippen LogP contribution in [0.5, 0.6) is 5.75 Å². The van der Waals surface area contributed by atoms with Gasteiger partial charge in [-0.2, -0.15) is 0 Å². The van der Waals surface area contributed by atoms with E-state index in [4.69, 9.17) is 9.57 Å². The number of halogens is 1. The molecule has 0 saturated carbocycles. The molecule has 1 heterocycles. The van der Waals surface area contributed by atoms with Gasteiger partial charge in [-0.25, -0.2) is 4.79 Å². The number of carbonyl (C=O) groups is 1. The monoisotopic (exact) mass is 326 g/mol. The summed E-state index contributed by atoms with van der Waals surface area (Å²) in [5.74, 6) is 0.342. The average Bonchev–Trinajstić information content (AvgIpc) is 2.52. The van der Waals surface area contributed by atoms with E-state index in [-0.39, 0.29) is 12.4 Å². The van der Waals surface area contributed by atoms with Crippen LogP contribution in [0.3, 0.4) is 0 Å². The van der Waals surface area contributed by atoms with Crippen LogP contribution in [0.4, 0.5) is 0 Å². The standard InChI is InChI=1S/C16H22N2O3.ClH/c1-3-12-20-15-6-4-13(5-7-15)16(19)21-17-14-8-10-18(2)11-9-14;/h4-7H,3,8-12H2,1-2H3;1H. The molecule has 0 amide bonds. The number of hydrogen-bond acceptors (Lipinski definition) is 4. The number of rotatable bonds is 5. The van der Waals surface area contributed by atoms with Crippen molar-refractivity contribution in [3.05, 3.63) is 29.8 Å². The Morgan fingerprint density at radius 3 is 2.45 bits per heavy atom. The molecule has 0 aromatic heterocycles. The molecule has 1 aromatic carbocycles. The summed E-state index contributed by atoms with van der Waals surface area (Å²) in [7, 11) is 2.16. The van der Waals surface area contributed by atoms with E-state index in [1.807, 2.05) is 0 Å². The molecule has 0 aliphatic carbocycles. The maximum Gasteiger partial charge on any atom is 0.365 e. The Hall–Kier alpha value is -1.59. The summed E-state index contributed by atoms with van der Waals surface area (Å²) < 4.78 is 5.47. The first-order chi connectivity index (χ1) is 10.2. The molecule has 5 nitrogen and oxygen atoms in total. The van der Waals surface area contributed by atoms with Crippen LogP contribution in [0, 0.1) is 0 Å². The maximum absolute atomic E-state index is 11.9. The van der Waals surface area contributed by atoms with Crippen molar-refractivity contribution in [1.82, 2.24) is 0 Å². The molecule has 1 aromatic rings. The number of piperidine rings is 1. The lowest BCUT2D eigenvalue weighted by Crippen LogP contribution is -3.10. The second kappa shape index (κ2) is 9.43. The number of nitrogens with one attached hydrogen (secondary N) is 1. The average molecular weight is 327 g/mol. The zero-order valence-corrected chi connectivity index (χ0v) is 13.9. The SMILES string of the molecule is CCCOc1ccc(C(=O)ON=C2CC[NH+](C)CC2)cc1.[Cl-]. The first-order valence-corrected chi connectivity index (χ1v) is 7.50. The fourth-order valence-corrected chi connectivity index (χ4v) is 2.12. The fraction of sp³-hybridized carbons (Fsp3) is 0.500. The van der Waals surface area contributed by atoms with Gasteiger partial charge in [-0.05, 0) is 30.7 Å². The maximum atomic E-state index is 11.9. The second-order valence-electron chi connectivity index (χ2n) is 5.37. The smallest absolute Gasteiger partial charge is 0.365 e. The van der Waals surface area contributed by atoms with Crippen LogP contribution in [0.25, 0.3) is 0 Å². The minimum absolute atomic E-state index is 0. The van der Waals surface area contributed by atoms with Crippen molar-refractivity contribution in [2.24, 2.45) is 5.16 Å². The van der Waals surface area contributed by atoms with E-state index in [1.54, 1.807) is 24.3 Å². The number of likely N-dealkylation sites (tertiary alicyclic amines) is 1. The molecule has 2 rings (SSSR count). The number of nitrogens with zero attached hydrogens (tertiary/aromatic N) is 1. The molecule has 6 heteroatoms. The summed E-state index contributed by atoms with van der Waals surface area (Å²) in [5, 5.41) is 3.99. The lowest BCUT2D eigenvalue weighted by atomic mass is 10.1. The normalized spacial score (nSPS) is 17.4. The van der Waals surface area contributed by atoms with E-state index in [2.05, 4.69) is 19.1 Å². The highest BCUT2D eigenvalue weighted by molar-refractivity contribution is 5.91. The Morgan fingerprint density at radius 1 is 1.23 bits per heavy atom. The molecule has 1 N–H and O–H groups in total. The van der Waals surface area contributed by atoms with Crippen molar-refractivity contribution >= 4 is 11.7 Å². The van der Waals surface area contributed by atoms with Gasteiger partial charge in [-0.1, -0.05) is 12.1 Å². The summed E-state index contributed by atoms with van der Waals surface area (Å²) >= 11 is 0. The highest BCUT2D eigenvalue weighted by Gasteiger charge is 2.16. The van der Waals surface area contributed by atoms with Gasteiger partial charge < -0.3 is 26.9 Å². The van der Waals surface area contributed by atoms with Gasteiger partial charge in [0.15, 0.2) is 0 Å². The first-order valence-electron chi connectivity index (χ1n) is 7.50. The van der Waals surface area contributed by atoms with Crippen molar-refractivity contribution in [2.45, 2.75) is 26.2 Å².